The molecular weight excluding hydrogens is 206 g/mol. The molecule has 2 atom stereocenters. The predicted octanol–water partition coefficient (Wildman–Crippen LogP) is 3.02. The van der Waals surface area contributed by atoms with Crippen molar-refractivity contribution in [1.29, 1.82) is 0 Å². The number of anilines is 1. The van der Waals surface area contributed by atoms with Crippen LogP contribution in [-0.4, -0.2) is 7.05 Å². The van der Waals surface area contributed by atoms with Crippen molar-refractivity contribution in [3.8, 4) is 23.7 Å². The molecule has 0 bridgehead atoms. The minimum atomic E-state index is -0.00829. The molecule has 1 aliphatic rings. The van der Waals surface area contributed by atoms with Gasteiger partial charge >= 0.3 is 0 Å². The van der Waals surface area contributed by atoms with Crippen LogP contribution in [0.5, 0.6) is 0 Å². The number of hydrogen-bond acceptors (Lipinski definition) is 1. The van der Waals surface area contributed by atoms with E-state index in [1.807, 2.05) is 31.3 Å². The Morgan fingerprint density at radius 3 is 2.76 bits per heavy atom. The maximum atomic E-state index is 3.25. The average molecular weight is 221 g/mol. The summed E-state index contributed by atoms with van der Waals surface area (Å²) in [6.07, 6.45) is 3.92. The van der Waals surface area contributed by atoms with Gasteiger partial charge in [-0.2, -0.15) is 0 Å². The minimum Gasteiger partial charge on any atom is -0.388 e. The predicted molar refractivity (Wildman–Crippen MR) is 72.6 cm³/mol. The zero-order chi connectivity index (χ0) is 12.1. The van der Waals surface area contributed by atoms with E-state index < -0.39 is 0 Å². The zero-order valence-electron chi connectivity index (χ0n) is 10.1. The van der Waals surface area contributed by atoms with E-state index in [9.17, 15) is 0 Å². The highest BCUT2D eigenvalue weighted by Gasteiger charge is 2.09. The van der Waals surface area contributed by atoms with Crippen molar-refractivity contribution < 1.29 is 0 Å². The van der Waals surface area contributed by atoms with Gasteiger partial charge in [-0.25, -0.2) is 0 Å². The molecule has 84 valence electrons. The summed E-state index contributed by atoms with van der Waals surface area (Å²) in [5.41, 5.74) is 2.25. The number of para-hydroxylation sites is 1. The number of benzene rings is 1. The van der Waals surface area contributed by atoms with Crippen LogP contribution in [0.15, 0.2) is 36.4 Å². The fourth-order valence-corrected chi connectivity index (χ4v) is 1.75. The molecular formula is C16H15N. The molecule has 0 saturated heterocycles. The molecule has 0 saturated carbocycles. The first-order valence-corrected chi connectivity index (χ1v) is 5.76. The molecule has 0 amide bonds. The van der Waals surface area contributed by atoms with Crippen LogP contribution in [0.2, 0.25) is 0 Å². The van der Waals surface area contributed by atoms with Gasteiger partial charge in [-0.05, 0) is 19.1 Å². The molecule has 2 unspecified atom stereocenters. The normalized spacial score (nSPS) is 23.2. The fraction of sp³-hybridized carbons (Fsp3) is 0.250. The SMILES string of the molecule is CNc1ccccc1C1C#C/C=C\C(C)C#C1. The Bertz CT molecular complexity index is 546. The first-order chi connectivity index (χ1) is 8.31. The summed E-state index contributed by atoms with van der Waals surface area (Å²) >= 11 is 0. The van der Waals surface area contributed by atoms with Crippen molar-refractivity contribution in [2.45, 2.75) is 12.8 Å². The summed E-state index contributed by atoms with van der Waals surface area (Å²) in [6, 6.07) is 8.17. The van der Waals surface area contributed by atoms with Gasteiger partial charge in [0.2, 0.25) is 0 Å². The van der Waals surface area contributed by atoms with Gasteiger partial charge < -0.3 is 5.32 Å². The van der Waals surface area contributed by atoms with Gasteiger partial charge in [-0.15, -0.1) is 0 Å². The molecule has 0 aliphatic heterocycles. The largest absolute Gasteiger partial charge is 0.388 e. The Morgan fingerprint density at radius 2 is 1.94 bits per heavy atom. The van der Waals surface area contributed by atoms with Gasteiger partial charge in [0, 0.05) is 24.2 Å². The van der Waals surface area contributed by atoms with Gasteiger partial charge in [-0.1, -0.05) is 48.0 Å². The maximum absolute atomic E-state index is 3.25. The van der Waals surface area contributed by atoms with E-state index >= 15 is 0 Å². The average Bonchev–Trinajstić information content (AvgIpc) is 2.35. The lowest BCUT2D eigenvalue weighted by Crippen LogP contribution is -2.00. The lowest BCUT2D eigenvalue weighted by atomic mass is 9.96. The first kappa shape index (κ1) is 11.4. The third-order valence-corrected chi connectivity index (χ3v) is 2.69. The summed E-state index contributed by atoms with van der Waals surface area (Å²) in [4.78, 5) is 0. The number of rotatable bonds is 2. The third-order valence-electron chi connectivity index (χ3n) is 2.69. The smallest absolute Gasteiger partial charge is 0.108 e. The molecule has 17 heavy (non-hydrogen) atoms. The zero-order valence-corrected chi connectivity index (χ0v) is 10.1. The van der Waals surface area contributed by atoms with Gasteiger partial charge in [-0.3, -0.25) is 0 Å². The lowest BCUT2D eigenvalue weighted by molar-refractivity contribution is 0.973. The minimum absolute atomic E-state index is 0.00829. The first-order valence-electron chi connectivity index (χ1n) is 5.76. The fourth-order valence-electron chi connectivity index (χ4n) is 1.75. The van der Waals surface area contributed by atoms with Crippen molar-refractivity contribution in [2.75, 3.05) is 12.4 Å². The van der Waals surface area contributed by atoms with Crippen LogP contribution in [0.3, 0.4) is 0 Å². The highest BCUT2D eigenvalue weighted by Crippen LogP contribution is 2.23. The van der Waals surface area contributed by atoms with Crippen molar-refractivity contribution >= 4 is 5.69 Å². The van der Waals surface area contributed by atoms with E-state index in [1.165, 1.54) is 0 Å². The summed E-state index contributed by atoms with van der Waals surface area (Å²) in [6.45, 7) is 2.08. The Hall–Kier alpha value is -2.12. The Labute approximate surface area is 103 Å². The van der Waals surface area contributed by atoms with Crippen molar-refractivity contribution in [3.05, 3.63) is 42.0 Å². The van der Waals surface area contributed by atoms with Gasteiger partial charge in [0.1, 0.15) is 5.92 Å². The second-order valence-corrected chi connectivity index (χ2v) is 4.00. The molecule has 1 nitrogen and oxygen atoms in total. The molecule has 0 spiro atoms. The van der Waals surface area contributed by atoms with Gasteiger partial charge in [0.25, 0.3) is 0 Å². The van der Waals surface area contributed by atoms with Gasteiger partial charge in [0.15, 0.2) is 0 Å². The molecule has 0 radical (unpaired) electrons. The lowest BCUT2D eigenvalue weighted by Gasteiger charge is -2.11. The molecule has 0 aromatic heterocycles. The van der Waals surface area contributed by atoms with Gasteiger partial charge in [0.05, 0.1) is 0 Å². The van der Waals surface area contributed by atoms with Crippen LogP contribution < -0.4 is 5.32 Å². The Balaban J connectivity index is 2.42. The molecule has 1 aromatic carbocycles. The Morgan fingerprint density at radius 1 is 1.12 bits per heavy atom. The van der Waals surface area contributed by atoms with E-state index in [4.69, 9.17) is 0 Å². The summed E-state index contributed by atoms with van der Waals surface area (Å²) in [5, 5.41) is 3.19. The Kier molecular flexibility index (Phi) is 3.53. The standard InChI is InChI=1S/C16H15N/c1-13-7-3-4-8-14(12-11-13)15-9-5-6-10-16(15)17-2/h3,5-7,9-10,13-14,17H,1-2H3/b7-3-. The molecule has 2 rings (SSSR count). The second-order valence-electron chi connectivity index (χ2n) is 4.00. The quantitative estimate of drug-likeness (QED) is 0.757. The van der Waals surface area contributed by atoms with E-state index in [-0.39, 0.29) is 11.8 Å². The highest BCUT2D eigenvalue weighted by atomic mass is 14.8. The molecule has 1 N–H and O–H groups in total. The molecule has 1 aliphatic carbocycles. The van der Waals surface area contributed by atoms with Crippen LogP contribution >= 0.6 is 0 Å². The maximum Gasteiger partial charge on any atom is 0.108 e. The highest BCUT2D eigenvalue weighted by molar-refractivity contribution is 5.57. The number of nitrogens with one attached hydrogen (secondary N) is 1. The van der Waals surface area contributed by atoms with Crippen molar-refractivity contribution in [2.24, 2.45) is 5.92 Å². The molecule has 0 heterocycles. The van der Waals surface area contributed by atoms with Crippen LogP contribution in [-0.2, 0) is 0 Å². The van der Waals surface area contributed by atoms with Crippen molar-refractivity contribution in [3.63, 3.8) is 0 Å². The van der Waals surface area contributed by atoms with Crippen LogP contribution in [0.4, 0.5) is 5.69 Å². The monoisotopic (exact) mass is 221 g/mol. The summed E-state index contributed by atoms with van der Waals surface area (Å²) in [7, 11) is 1.92. The molecule has 1 aromatic rings. The van der Waals surface area contributed by atoms with E-state index in [2.05, 4.69) is 48.1 Å². The summed E-state index contributed by atoms with van der Waals surface area (Å²) < 4.78 is 0. The molecule has 1 heteroatoms. The van der Waals surface area contributed by atoms with E-state index in [1.54, 1.807) is 0 Å². The van der Waals surface area contributed by atoms with Crippen molar-refractivity contribution in [1.82, 2.24) is 0 Å². The third kappa shape index (κ3) is 2.71. The van der Waals surface area contributed by atoms with Crippen LogP contribution in [0.25, 0.3) is 0 Å². The molecule has 0 fully saturated rings. The van der Waals surface area contributed by atoms with E-state index in [0.29, 0.717) is 0 Å². The number of allylic oxidation sites excluding steroid dienone is 2. The number of hydrogen-bond donors (Lipinski definition) is 1. The van der Waals surface area contributed by atoms with Crippen LogP contribution in [0.1, 0.15) is 18.4 Å². The topological polar surface area (TPSA) is 12.0 Å². The summed E-state index contributed by atoms with van der Waals surface area (Å²) in [5.74, 6) is 13.0. The van der Waals surface area contributed by atoms with Crippen LogP contribution in [0, 0.1) is 29.6 Å². The van der Waals surface area contributed by atoms with E-state index in [0.717, 1.165) is 11.3 Å². The second kappa shape index (κ2) is 5.28.